The van der Waals surface area contributed by atoms with Gasteiger partial charge in [0.1, 0.15) is 5.75 Å². The van der Waals surface area contributed by atoms with Crippen molar-refractivity contribution in [2.45, 2.75) is 17.9 Å². The van der Waals surface area contributed by atoms with Crippen molar-refractivity contribution in [3.63, 3.8) is 0 Å². The molecule has 3 rings (SSSR count). The van der Waals surface area contributed by atoms with E-state index in [9.17, 15) is 13.5 Å². The summed E-state index contributed by atoms with van der Waals surface area (Å²) >= 11 is 6.01. The summed E-state index contributed by atoms with van der Waals surface area (Å²) in [4.78, 5) is 2.53. The summed E-state index contributed by atoms with van der Waals surface area (Å²) in [7, 11) is -3.20. The molecule has 0 spiro atoms. The van der Waals surface area contributed by atoms with E-state index < -0.39 is 15.9 Å². The lowest BCUT2D eigenvalue weighted by atomic mass is 9.99. The quantitative estimate of drug-likeness (QED) is 0.739. The van der Waals surface area contributed by atoms with Crippen molar-refractivity contribution in [2.24, 2.45) is 11.8 Å². The van der Waals surface area contributed by atoms with Gasteiger partial charge in [-0.1, -0.05) is 30.7 Å². The van der Waals surface area contributed by atoms with Gasteiger partial charge < -0.3 is 9.84 Å². The second kappa shape index (κ2) is 8.82. The van der Waals surface area contributed by atoms with Crippen molar-refractivity contribution in [2.75, 3.05) is 32.5 Å². The maximum Gasteiger partial charge on any atom is 0.175 e. The molecule has 0 bridgehead atoms. The largest absolute Gasteiger partial charge is 0.493 e. The first kappa shape index (κ1) is 21.1. The van der Waals surface area contributed by atoms with Crippen molar-refractivity contribution in [1.82, 2.24) is 4.90 Å². The van der Waals surface area contributed by atoms with E-state index >= 15 is 0 Å². The van der Waals surface area contributed by atoms with Crippen molar-refractivity contribution in [3.05, 3.63) is 59.1 Å². The van der Waals surface area contributed by atoms with Crippen LogP contribution >= 0.6 is 11.6 Å². The molecule has 1 aliphatic rings. The van der Waals surface area contributed by atoms with E-state index in [1.54, 1.807) is 36.4 Å². The predicted octanol–water partition coefficient (Wildman–Crippen LogP) is 3.42. The van der Waals surface area contributed by atoms with Crippen LogP contribution in [-0.2, 0) is 9.84 Å². The minimum absolute atomic E-state index is 0.287. The maximum atomic E-state index is 11.5. The Labute approximate surface area is 171 Å². The SMILES string of the molecule is C[C@@H]1CN(C[C@@H](O)c2cccc(Cl)c2)C[C@H]1COc1ccc(S(C)(=O)=O)cc1. The summed E-state index contributed by atoms with van der Waals surface area (Å²) in [6.07, 6.45) is 0.615. The molecule has 1 N–H and O–H groups in total. The summed E-state index contributed by atoms with van der Waals surface area (Å²) in [5, 5.41) is 11.1. The third kappa shape index (κ3) is 5.47. The number of hydrogen-bond donors (Lipinski definition) is 1. The van der Waals surface area contributed by atoms with Crippen LogP contribution in [0.5, 0.6) is 5.75 Å². The first-order valence-electron chi connectivity index (χ1n) is 9.31. The van der Waals surface area contributed by atoms with Gasteiger partial charge in [-0.3, -0.25) is 4.90 Å². The second-order valence-corrected chi connectivity index (χ2v) is 10.0. The van der Waals surface area contributed by atoms with Crippen LogP contribution in [0.25, 0.3) is 0 Å². The van der Waals surface area contributed by atoms with Crippen LogP contribution < -0.4 is 4.74 Å². The molecule has 28 heavy (non-hydrogen) atoms. The van der Waals surface area contributed by atoms with E-state index in [1.807, 2.05) is 12.1 Å². The number of β-amino-alcohol motifs (C(OH)–C–C–N with tert-alkyl or cyclic N) is 1. The summed E-state index contributed by atoms with van der Waals surface area (Å²) in [5.41, 5.74) is 0.825. The van der Waals surface area contributed by atoms with E-state index in [0.29, 0.717) is 35.8 Å². The maximum absolute atomic E-state index is 11.5. The Morgan fingerprint density at radius 1 is 1.21 bits per heavy atom. The number of nitrogens with zero attached hydrogens (tertiary/aromatic N) is 1. The van der Waals surface area contributed by atoms with Crippen LogP contribution in [0.4, 0.5) is 0 Å². The average Bonchev–Trinajstić information content (AvgIpc) is 2.98. The first-order valence-corrected chi connectivity index (χ1v) is 11.6. The molecule has 0 radical (unpaired) electrons. The number of aliphatic hydroxyl groups is 1. The van der Waals surface area contributed by atoms with E-state index in [2.05, 4.69) is 11.8 Å². The minimum atomic E-state index is -3.20. The molecular formula is C21H26ClNO4S. The standard InChI is InChI=1S/C21H26ClNO4S/c1-15-11-23(13-21(24)16-4-3-5-18(22)10-16)12-17(15)14-27-19-6-8-20(9-7-19)28(2,25)26/h3-10,15,17,21,24H,11-14H2,1-2H3/t15-,17+,21-/m1/s1. The number of aliphatic hydroxyl groups excluding tert-OH is 1. The van der Waals surface area contributed by atoms with Gasteiger partial charge in [0.25, 0.3) is 0 Å². The molecule has 5 nitrogen and oxygen atoms in total. The van der Waals surface area contributed by atoms with Crippen LogP contribution in [0, 0.1) is 11.8 Å². The lowest BCUT2D eigenvalue weighted by Gasteiger charge is -2.20. The molecule has 7 heteroatoms. The molecule has 0 aliphatic carbocycles. The fraction of sp³-hybridized carbons (Fsp3) is 0.429. The predicted molar refractivity (Wildman–Crippen MR) is 111 cm³/mol. The van der Waals surface area contributed by atoms with Gasteiger partial charge in [-0.2, -0.15) is 0 Å². The fourth-order valence-corrected chi connectivity index (χ4v) is 4.39. The first-order chi connectivity index (χ1) is 13.2. The lowest BCUT2D eigenvalue weighted by molar-refractivity contribution is 0.121. The van der Waals surface area contributed by atoms with Gasteiger partial charge in [0.15, 0.2) is 9.84 Å². The van der Waals surface area contributed by atoms with Crippen LogP contribution in [0.15, 0.2) is 53.4 Å². The minimum Gasteiger partial charge on any atom is -0.493 e. The smallest absolute Gasteiger partial charge is 0.175 e. The molecule has 0 saturated carbocycles. The number of benzene rings is 2. The van der Waals surface area contributed by atoms with Gasteiger partial charge in [0.2, 0.25) is 0 Å². The van der Waals surface area contributed by atoms with Crippen LogP contribution in [0.2, 0.25) is 5.02 Å². The summed E-state index contributed by atoms with van der Waals surface area (Å²) < 4.78 is 28.9. The molecule has 1 saturated heterocycles. The zero-order valence-corrected chi connectivity index (χ0v) is 17.7. The highest BCUT2D eigenvalue weighted by atomic mass is 35.5. The molecule has 1 aliphatic heterocycles. The number of sulfone groups is 1. The van der Waals surface area contributed by atoms with Crippen LogP contribution in [0.3, 0.4) is 0 Å². The third-order valence-electron chi connectivity index (χ3n) is 5.22. The Morgan fingerprint density at radius 2 is 1.93 bits per heavy atom. The molecule has 0 aromatic heterocycles. The van der Waals surface area contributed by atoms with Crippen LogP contribution in [0.1, 0.15) is 18.6 Å². The molecule has 2 aromatic carbocycles. The number of likely N-dealkylation sites (tertiary alicyclic amines) is 1. The van der Waals surface area contributed by atoms with E-state index in [4.69, 9.17) is 16.3 Å². The Bertz CT molecular complexity index is 901. The van der Waals surface area contributed by atoms with Crippen molar-refractivity contribution >= 4 is 21.4 Å². The lowest BCUT2D eigenvalue weighted by Crippen LogP contribution is -2.27. The summed E-state index contributed by atoms with van der Waals surface area (Å²) in [5.74, 6) is 1.46. The van der Waals surface area contributed by atoms with Crippen LogP contribution in [-0.4, -0.2) is 50.9 Å². The molecule has 1 fully saturated rings. The van der Waals surface area contributed by atoms with Gasteiger partial charge in [-0.05, 0) is 47.9 Å². The van der Waals surface area contributed by atoms with Gasteiger partial charge in [-0.15, -0.1) is 0 Å². The van der Waals surface area contributed by atoms with Gasteiger partial charge in [-0.25, -0.2) is 8.42 Å². The fourth-order valence-electron chi connectivity index (χ4n) is 3.56. The van der Waals surface area contributed by atoms with Gasteiger partial charge in [0.05, 0.1) is 17.6 Å². The zero-order chi connectivity index (χ0) is 20.3. The average molecular weight is 424 g/mol. The van der Waals surface area contributed by atoms with Crippen molar-refractivity contribution in [1.29, 1.82) is 0 Å². The number of hydrogen-bond acceptors (Lipinski definition) is 5. The molecule has 152 valence electrons. The van der Waals surface area contributed by atoms with Crippen molar-refractivity contribution < 1.29 is 18.3 Å². The molecule has 0 unspecified atom stereocenters. The molecule has 1 heterocycles. The van der Waals surface area contributed by atoms with Gasteiger partial charge >= 0.3 is 0 Å². The summed E-state index contributed by atoms with van der Waals surface area (Å²) in [6, 6.07) is 13.8. The third-order valence-corrected chi connectivity index (χ3v) is 6.59. The van der Waals surface area contributed by atoms with Crippen molar-refractivity contribution in [3.8, 4) is 5.75 Å². The molecule has 0 amide bonds. The highest BCUT2D eigenvalue weighted by Crippen LogP contribution is 2.27. The van der Waals surface area contributed by atoms with Gasteiger partial charge in [0, 0.05) is 36.8 Å². The number of ether oxygens (including phenoxy) is 1. The van der Waals surface area contributed by atoms with E-state index in [-0.39, 0.29) is 4.90 Å². The number of halogens is 1. The Kier molecular flexibility index (Phi) is 6.65. The van der Waals surface area contributed by atoms with E-state index in [0.717, 1.165) is 18.7 Å². The Morgan fingerprint density at radius 3 is 2.57 bits per heavy atom. The summed E-state index contributed by atoms with van der Waals surface area (Å²) in [6.45, 7) is 5.05. The molecule has 2 aromatic rings. The monoisotopic (exact) mass is 423 g/mol. The van der Waals surface area contributed by atoms with E-state index in [1.165, 1.54) is 6.26 Å². The normalized spacial score (nSPS) is 21.6. The Balaban J connectivity index is 1.52. The highest BCUT2D eigenvalue weighted by molar-refractivity contribution is 7.90. The Hall–Kier alpha value is -1.60. The number of rotatable bonds is 7. The molecular weight excluding hydrogens is 398 g/mol. The molecule has 3 atom stereocenters. The zero-order valence-electron chi connectivity index (χ0n) is 16.1. The second-order valence-electron chi connectivity index (χ2n) is 7.58. The highest BCUT2D eigenvalue weighted by Gasteiger charge is 2.31. The topological polar surface area (TPSA) is 66.8 Å².